The van der Waals surface area contributed by atoms with Crippen molar-refractivity contribution < 1.29 is 18.8 Å². The van der Waals surface area contributed by atoms with Crippen LogP contribution in [-0.2, 0) is 4.79 Å². The van der Waals surface area contributed by atoms with Crippen LogP contribution in [0.15, 0.2) is 22.8 Å². The molecule has 2 N–H and O–H groups in total. The molecular weight excluding hydrogens is 310 g/mol. The van der Waals surface area contributed by atoms with Gasteiger partial charge in [0.15, 0.2) is 11.5 Å². The lowest BCUT2D eigenvalue weighted by Crippen LogP contribution is -2.50. The highest BCUT2D eigenvalue weighted by Crippen LogP contribution is 2.21. The number of nitrogens with one attached hydrogen (secondary N) is 2. The summed E-state index contributed by atoms with van der Waals surface area (Å²) in [5.74, 6) is -0.0901. The molecule has 24 heavy (non-hydrogen) atoms. The van der Waals surface area contributed by atoms with Gasteiger partial charge < -0.3 is 9.73 Å². The molecule has 0 saturated carbocycles. The van der Waals surface area contributed by atoms with Crippen molar-refractivity contribution in [3.05, 3.63) is 24.2 Å². The summed E-state index contributed by atoms with van der Waals surface area (Å²) < 4.78 is 5.12. The summed E-state index contributed by atoms with van der Waals surface area (Å²) in [4.78, 5) is 37.9. The fourth-order valence-electron chi connectivity index (χ4n) is 2.81. The van der Waals surface area contributed by atoms with Gasteiger partial charge in [-0.1, -0.05) is 0 Å². The van der Waals surface area contributed by atoms with Gasteiger partial charge in [-0.25, -0.2) is 4.79 Å². The van der Waals surface area contributed by atoms with Crippen molar-refractivity contribution in [2.75, 3.05) is 13.1 Å². The molecule has 3 amide bonds. The fraction of sp³-hybridized carbons (Fsp3) is 0.588. The van der Waals surface area contributed by atoms with E-state index in [1.54, 1.807) is 12.1 Å². The van der Waals surface area contributed by atoms with Crippen molar-refractivity contribution in [2.24, 2.45) is 0 Å². The van der Waals surface area contributed by atoms with Crippen LogP contribution in [-0.4, -0.2) is 47.3 Å². The monoisotopic (exact) mass is 335 g/mol. The van der Waals surface area contributed by atoms with Crippen molar-refractivity contribution in [1.82, 2.24) is 15.5 Å². The Balaban J connectivity index is 1.83. The SMILES string of the molecule is CC(C)(C)NC(=O)NC(=O)CN1CCCC1CC(=O)c1ccco1. The lowest BCUT2D eigenvalue weighted by Gasteiger charge is -2.24. The van der Waals surface area contributed by atoms with Crippen LogP contribution in [0.5, 0.6) is 0 Å². The van der Waals surface area contributed by atoms with Crippen LogP contribution in [0.2, 0.25) is 0 Å². The quantitative estimate of drug-likeness (QED) is 0.802. The Morgan fingerprint density at radius 3 is 2.71 bits per heavy atom. The third kappa shape index (κ3) is 5.49. The van der Waals surface area contributed by atoms with Crippen LogP contribution in [0.3, 0.4) is 0 Å². The van der Waals surface area contributed by atoms with E-state index in [1.807, 2.05) is 25.7 Å². The summed E-state index contributed by atoms with van der Waals surface area (Å²) in [6.45, 7) is 6.37. The Hall–Kier alpha value is -2.15. The van der Waals surface area contributed by atoms with E-state index in [1.165, 1.54) is 6.26 Å². The van der Waals surface area contributed by atoms with Crippen LogP contribution in [0.1, 0.15) is 50.6 Å². The minimum absolute atomic E-state index is 0.000901. The standard InChI is InChI=1S/C17H25N3O4/c1-17(2,3)19-16(23)18-15(22)11-20-8-4-6-12(20)10-13(21)14-7-5-9-24-14/h5,7,9,12H,4,6,8,10-11H2,1-3H3,(H2,18,19,22,23). The molecule has 1 atom stereocenters. The van der Waals surface area contributed by atoms with Gasteiger partial charge in [0.05, 0.1) is 12.8 Å². The summed E-state index contributed by atoms with van der Waals surface area (Å²) in [5, 5.41) is 5.01. The zero-order valence-electron chi connectivity index (χ0n) is 14.4. The Morgan fingerprint density at radius 2 is 2.08 bits per heavy atom. The van der Waals surface area contributed by atoms with E-state index in [0.29, 0.717) is 12.2 Å². The molecule has 1 fully saturated rings. The van der Waals surface area contributed by atoms with Gasteiger partial charge in [-0.05, 0) is 52.3 Å². The average Bonchev–Trinajstić information content (AvgIpc) is 3.08. The first-order valence-electron chi connectivity index (χ1n) is 8.17. The molecule has 0 radical (unpaired) electrons. The van der Waals surface area contributed by atoms with Gasteiger partial charge in [-0.15, -0.1) is 0 Å². The molecule has 0 aliphatic carbocycles. The van der Waals surface area contributed by atoms with Gasteiger partial charge in [-0.3, -0.25) is 19.8 Å². The van der Waals surface area contributed by atoms with Gasteiger partial charge >= 0.3 is 6.03 Å². The van der Waals surface area contributed by atoms with E-state index in [2.05, 4.69) is 10.6 Å². The maximum Gasteiger partial charge on any atom is 0.321 e. The zero-order chi connectivity index (χ0) is 17.7. The van der Waals surface area contributed by atoms with E-state index in [-0.39, 0.29) is 24.3 Å². The number of ketones is 1. The number of nitrogens with zero attached hydrogens (tertiary/aromatic N) is 1. The van der Waals surface area contributed by atoms with Gasteiger partial charge in [0.25, 0.3) is 0 Å². The third-order valence-corrected chi connectivity index (χ3v) is 3.80. The molecule has 0 bridgehead atoms. The molecule has 1 aromatic rings. The second-order valence-corrected chi connectivity index (χ2v) is 7.12. The van der Waals surface area contributed by atoms with Crippen molar-refractivity contribution in [3.63, 3.8) is 0 Å². The minimum Gasteiger partial charge on any atom is -0.461 e. The minimum atomic E-state index is -0.505. The van der Waals surface area contributed by atoms with E-state index in [4.69, 9.17) is 4.42 Å². The number of hydrogen-bond donors (Lipinski definition) is 2. The van der Waals surface area contributed by atoms with E-state index in [0.717, 1.165) is 19.4 Å². The number of carbonyl (C=O) groups is 3. The molecule has 0 spiro atoms. The fourth-order valence-corrected chi connectivity index (χ4v) is 2.81. The first-order chi connectivity index (χ1) is 11.2. The van der Waals surface area contributed by atoms with Gasteiger partial charge in [0, 0.05) is 18.0 Å². The molecule has 7 heteroatoms. The lowest BCUT2D eigenvalue weighted by molar-refractivity contribution is -0.121. The van der Waals surface area contributed by atoms with Crippen molar-refractivity contribution >= 4 is 17.7 Å². The van der Waals surface area contributed by atoms with E-state index in [9.17, 15) is 14.4 Å². The number of furan rings is 1. The zero-order valence-corrected chi connectivity index (χ0v) is 14.4. The molecule has 1 aromatic heterocycles. The maximum absolute atomic E-state index is 12.1. The van der Waals surface area contributed by atoms with Gasteiger partial charge in [0.2, 0.25) is 5.91 Å². The average molecular weight is 335 g/mol. The van der Waals surface area contributed by atoms with Crippen molar-refractivity contribution in [2.45, 2.75) is 51.6 Å². The Kier molecular flexibility index (Phi) is 5.77. The first-order valence-corrected chi connectivity index (χ1v) is 8.17. The molecule has 1 saturated heterocycles. The summed E-state index contributed by atoms with van der Waals surface area (Å²) >= 11 is 0. The molecule has 1 aliphatic rings. The van der Waals surface area contributed by atoms with Crippen molar-refractivity contribution in [1.29, 1.82) is 0 Å². The molecule has 2 heterocycles. The molecule has 1 unspecified atom stereocenters. The Bertz CT molecular complexity index is 589. The predicted octanol–water partition coefficient (Wildman–Crippen LogP) is 1.94. The second-order valence-electron chi connectivity index (χ2n) is 7.12. The third-order valence-electron chi connectivity index (χ3n) is 3.80. The number of urea groups is 1. The van der Waals surface area contributed by atoms with Crippen LogP contribution < -0.4 is 10.6 Å². The number of likely N-dealkylation sites (tertiary alicyclic amines) is 1. The maximum atomic E-state index is 12.1. The lowest BCUT2D eigenvalue weighted by atomic mass is 10.1. The number of amides is 3. The first kappa shape index (κ1) is 18.2. The Labute approximate surface area is 141 Å². The van der Waals surface area contributed by atoms with E-state index >= 15 is 0 Å². The largest absolute Gasteiger partial charge is 0.461 e. The number of rotatable bonds is 5. The normalized spacial score (nSPS) is 18.4. The highest BCUT2D eigenvalue weighted by molar-refractivity contribution is 5.96. The molecule has 0 aromatic carbocycles. The second kappa shape index (κ2) is 7.61. The van der Waals surface area contributed by atoms with Crippen LogP contribution >= 0.6 is 0 Å². The van der Waals surface area contributed by atoms with Crippen LogP contribution in [0.4, 0.5) is 4.79 Å². The highest BCUT2D eigenvalue weighted by atomic mass is 16.3. The van der Waals surface area contributed by atoms with Gasteiger partial charge in [0.1, 0.15) is 0 Å². The summed E-state index contributed by atoms with van der Waals surface area (Å²) in [7, 11) is 0. The Morgan fingerprint density at radius 1 is 1.33 bits per heavy atom. The van der Waals surface area contributed by atoms with Crippen LogP contribution in [0.25, 0.3) is 0 Å². The smallest absolute Gasteiger partial charge is 0.321 e. The summed E-state index contributed by atoms with van der Waals surface area (Å²) in [6.07, 6.45) is 3.57. The number of Topliss-reactive ketones (excluding diaryl/α,β-unsaturated/α-hetero) is 1. The molecular formula is C17H25N3O4. The summed E-state index contributed by atoms with van der Waals surface area (Å²) in [6, 6.07) is 2.82. The van der Waals surface area contributed by atoms with Crippen molar-refractivity contribution in [3.8, 4) is 0 Å². The van der Waals surface area contributed by atoms with E-state index < -0.39 is 11.6 Å². The predicted molar refractivity (Wildman–Crippen MR) is 88.7 cm³/mol. The highest BCUT2D eigenvalue weighted by Gasteiger charge is 2.29. The number of imide groups is 1. The molecule has 132 valence electrons. The number of hydrogen-bond acceptors (Lipinski definition) is 5. The van der Waals surface area contributed by atoms with Gasteiger partial charge in [-0.2, -0.15) is 0 Å². The van der Waals surface area contributed by atoms with Crippen LogP contribution in [0, 0.1) is 0 Å². The number of carbonyl (C=O) groups excluding carboxylic acids is 3. The molecule has 2 rings (SSSR count). The molecule has 1 aliphatic heterocycles. The summed E-state index contributed by atoms with van der Waals surface area (Å²) in [5.41, 5.74) is -0.407. The molecule has 7 nitrogen and oxygen atoms in total. The topological polar surface area (TPSA) is 91.7 Å².